The standard InChI is InChI=1S/C15H11N3O2/c19-15(20)13-5-2-6-17-14(13)11-3-1-4-12(9-11)18-8-7-16-10-18/h1-10H,(H,19,20). The second kappa shape index (κ2) is 4.97. The van der Waals surface area contributed by atoms with Gasteiger partial charge in [-0.15, -0.1) is 0 Å². The Bertz CT molecular complexity index is 751. The van der Waals surface area contributed by atoms with Crippen molar-refractivity contribution in [1.29, 1.82) is 0 Å². The molecule has 1 aromatic carbocycles. The first kappa shape index (κ1) is 12.1. The van der Waals surface area contributed by atoms with Gasteiger partial charge < -0.3 is 9.67 Å². The summed E-state index contributed by atoms with van der Waals surface area (Å²) in [5, 5.41) is 9.23. The van der Waals surface area contributed by atoms with E-state index in [1.54, 1.807) is 30.9 Å². The summed E-state index contributed by atoms with van der Waals surface area (Å²) in [7, 11) is 0. The highest BCUT2D eigenvalue weighted by molar-refractivity contribution is 5.94. The average molecular weight is 265 g/mol. The minimum Gasteiger partial charge on any atom is -0.478 e. The number of carboxylic acid groups (broad SMARTS) is 1. The lowest BCUT2D eigenvalue weighted by Crippen LogP contribution is -2.01. The predicted molar refractivity (Wildman–Crippen MR) is 73.8 cm³/mol. The Morgan fingerprint density at radius 1 is 1.15 bits per heavy atom. The van der Waals surface area contributed by atoms with Gasteiger partial charge in [-0.2, -0.15) is 0 Å². The normalized spacial score (nSPS) is 10.4. The van der Waals surface area contributed by atoms with Crippen molar-refractivity contribution in [2.24, 2.45) is 0 Å². The fourth-order valence-corrected chi connectivity index (χ4v) is 2.03. The molecular weight excluding hydrogens is 254 g/mol. The van der Waals surface area contributed by atoms with E-state index in [0.29, 0.717) is 5.69 Å². The summed E-state index contributed by atoms with van der Waals surface area (Å²) in [5.41, 5.74) is 2.31. The molecule has 0 saturated carbocycles. The second-order valence-electron chi connectivity index (χ2n) is 4.23. The molecule has 0 fully saturated rings. The third kappa shape index (κ3) is 2.16. The van der Waals surface area contributed by atoms with E-state index in [-0.39, 0.29) is 5.56 Å². The van der Waals surface area contributed by atoms with E-state index in [4.69, 9.17) is 0 Å². The summed E-state index contributed by atoms with van der Waals surface area (Å²) in [6.45, 7) is 0. The number of hydrogen-bond acceptors (Lipinski definition) is 3. The molecule has 0 aliphatic carbocycles. The van der Waals surface area contributed by atoms with E-state index in [2.05, 4.69) is 9.97 Å². The smallest absolute Gasteiger partial charge is 0.337 e. The molecule has 20 heavy (non-hydrogen) atoms. The van der Waals surface area contributed by atoms with Gasteiger partial charge in [0, 0.05) is 29.8 Å². The van der Waals surface area contributed by atoms with Crippen molar-refractivity contribution in [1.82, 2.24) is 14.5 Å². The number of imidazole rings is 1. The van der Waals surface area contributed by atoms with Gasteiger partial charge in [-0.3, -0.25) is 4.98 Å². The SMILES string of the molecule is O=C(O)c1cccnc1-c1cccc(-n2ccnc2)c1. The van der Waals surface area contributed by atoms with Crippen molar-refractivity contribution < 1.29 is 9.90 Å². The minimum absolute atomic E-state index is 0.190. The molecule has 2 aromatic heterocycles. The van der Waals surface area contributed by atoms with Crippen LogP contribution in [0, 0.1) is 0 Å². The number of carbonyl (C=O) groups is 1. The third-order valence-corrected chi connectivity index (χ3v) is 2.96. The average Bonchev–Trinajstić information content (AvgIpc) is 3.01. The molecule has 98 valence electrons. The maximum atomic E-state index is 11.3. The number of hydrogen-bond donors (Lipinski definition) is 1. The number of benzene rings is 1. The van der Waals surface area contributed by atoms with E-state index >= 15 is 0 Å². The van der Waals surface area contributed by atoms with Gasteiger partial charge >= 0.3 is 5.97 Å². The maximum absolute atomic E-state index is 11.3. The largest absolute Gasteiger partial charge is 0.478 e. The Kier molecular flexibility index (Phi) is 3.01. The van der Waals surface area contributed by atoms with E-state index < -0.39 is 5.97 Å². The summed E-state index contributed by atoms with van der Waals surface area (Å²) >= 11 is 0. The molecule has 0 radical (unpaired) electrons. The molecule has 5 heteroatoms. The molecule has 0 spiro atoms. The lowest BCUT2D eigenvalue weighted by Gasteiger charge is -2.07. The zero-order valence-corrected chi connectivity index (χ0v) is 10.5. The van der Waals surface area contributed by atoms with Crippen LogP contribution >= 0.6 is 0 Å². The molecule has 0 atom stereocenters. The third-order valence-electron chi connectivity index (χ3n) is 2.96. The van der Waals surface area contributed by atoms with Gasteiger partial charge in [0.25, 0.3) is 0 Å². The molecular formula is C15H11N3O2. The van der Waals surface area contributed by atoms with Crippen molar-refractivity contribution >= 4 is 5.97 Å². The zero-order valence-electron chi connectivity index (χ0n) is 10.5. The van der Waals surface area contributed by atoms with Crippen LogP contribution in [0.3, 0.4) is 0 Å². The van der Waals surface area contributed by atoms with Gasteiger partial charge in [-0.1, -0.05) is 12.1 Å². The van der Waals surface area contributed by atoms with E-state index in [1.165, 1.54) is 0 Å². The summed E-state index contributed by atoms with van der Waals surface area (Å²) in [6.07, 6.45) is 6.80. The first-order valence-electron chi connectivity index (χ1n) is 6.03. The van der Waals surface area contributed by atoms with Crippen LogP contribution in [0.25, 0.3) is 16.9 Å². The monoisotopic (exact) mass is 265 g/mol. The summed E-state index contributed by atoms with van der Waals surface area (Å²) in [4.78, 5) is 19.4. The lowest BCUT2D eigenvalue weighted by atomic mass is 10.1. The van der Waals surface area contributed by atoms with Crippen molar-refractivity contribution in [2.75, 3.05) is 0 Å². The first-order chi connectivity index (χ1) is 9.75. The molecule has 0 aliphatic rings. The van der Waals surface area contributed by atoms with Gasteiger partial charge in [-0.05, 0) is 24.3 Å². The molecule has 0 bridgehead atoms. The van der Waals surface area contributed by atoms with Gasteiger partial charge in [0.2, 0.25) is 0 Å². The van der Waals surface area contributed by atoms with Crippen LogP contribution in [0.1, 0.15) is 10.4 Å². The molecule has 5 nitrogen and oxygen atoms in total. The Morgan fingerprint density at radius 2 is 2.05 bits per heavy atom. The maximum Gasteiger partial charge on any atom is 0.337 e. The number of aromatic carboxylic acids is 1. The van der Waals surface area contributed by atoms with Gasteiger partial charge in [0.15, 0.2) is 0 Å². The second-order valence-corrected chi connectivity index (χ2v) is 4.23. The number of rotatable bonds is 3. The fourth-order valence-electron chi connectivity index (χ4n) is 2.03. The highest BCUT2D eigenvalue weighted by Gasteiger charge is 2.12. The van der Waals surface area contributed by atoms with Crippen molar-refractivity contribution in [3.05, 3.63) is 66.9 Å². The van der Waals surface area contributed by atoms with Crippen LogP contribution in [0.4, 0.5) is 0 Å². The zero-order chi connectivity index (χ0) is 13.9. The Labute approximate surface area is 115 Å². The molecule has 3 aromatic rings. The quantitative estimate of drug-likeness (QED) is 0.790. The van der Waals surface area contributed by atoms with Crippen LogP contribution < -0.4 is 0 Å². The van der Waals surface area contributed by atoms with Gasteiger partial charge in [0.05, 0.1) is 17.6 Å². The van der Waals surface area contributed by atoms with Crippen molar-refractivity contribution in [3.8, 4) is 16.9 Å². The van der Waals surface area contributed by atoms with Crippen molar-refractivity contribution in [3.63, 3.8) is 0 Å². The molecule has 1 N–H and O–H groups in total. The highest BCUT2D eigenvalue weighted by Crippen LogP contribution is 2.23. The lowest BCUT2D eigenvalue weighted by molar-refractivity contribution is 0.0697. The predicted octanol–water partition coefficient (Wildman–Crippen LogP) is 2.63. The number of nitrogens with zero attached hydrogens (tertiary/aromatic N) is 3. The molecule has 0 aliphatic heterocycles. The van der Waals surface area contributed by atoms with Gasteiger partial charge in [-0.25, -0.2) is 9.78 Å². The molecule has 0 amide bonds. The summed E-state index contributed by atoms with van der Waals surface area (Å²) in [6, 6.07) is 10.7. The Hall–Kier alpha value is -2.95. The minimum atomic E-state index is -0.985. The highest BCUT2D eigenvalue weighted by atomic mass is 16.4. The van der Waals surface area contributed by atoms with Crippen molar-refractivity contribution in [2.45, 2.75) is 0 Å². The Balaban J connectivity index is 2.12. The summed E-state index contributed by atoms with van der Waals surface area (Å²) in [5.74, 6) is -0.985. The van der Waals surface area contributed by atoms with Crippen LogP contribution in [0.5, 0.6) is 0 Å². The molecule has 0 saturated heterocycles. The molecule has 2 heterocycles. The number of aromatic nitrogens is 3. The van der Waals surface area contributed by atoms with E-state index in [1.807, 2.05) is 35.0 Å². The van der Waals surface area contributed by atoms with E-state index in [0.717, 1.165) is 11.3 Å². The fraction of sp³-hybridized carbons (Fsp3) is 0. The van der Waals surface area contributed by atoms with Crippen LogP contribution in [-0.4, -0.2) is 25.6 Å². The van der Waals surface area contributed by atoms with Crippen LogP contribution in [-0.2, 0) is 0 Å². The van der Waals surface area contributed by atoms with Gasteiger partial charge in [0.1, 0.15) is 0 Å². The topological polar surface area (TPSA) is 68.0 Å². The molecule has 0 unspecified atom stereocenters. The summed E-state index contributed by atoms with van der Waals surface area (Å²) < 4.78 is 1.85. The number of pyridine rings is 1. The number of carboxylic acids is 1. The van der Waals surface area contributed by atoms with Crippen LogP contribution in [0.15, 0.2) is 61.3 Å². The Morgan fingerprint density at radius 3 is 2.80 bits per heavy atom. The van der Waals surface area contributed by atoms with E-state index in [9.17, 15) is 9.90 Å². The van der Waals surface area contributed by atoms with Crippen LogP contribution in [0.2, 0.25) is 0 Å². The molecule has 3 rings (SSSR count). The first-order valence-corrected chi connectivity index (χ1v) is 6.03.